The minimum absolute atomic E-state index is 0.279. The lowest BCUT2D eigenvalue weighted by Gasteiger charge is -2.22. The number of carbonyl (C=O) groups is 2. The normalized spacial score (nSPS) is 14.6. The Morgan fingerprint density at radius 2 is 1.75 bits per heavy atom. The number of hydrogen-bond donors (Lipinski definition) is 0. The average molecular weight is 331 g/mol. The fourth-order valence-corrected chi connectivity index (χ4v) is 2.43. The topological polar surface area (TPSA) is 65.1 Å². The molecule has 1 aromatic rings. The van der Waals surface area contributed by atoms with Crippen molar-refractivity contribution in [3.05, 3.63) is 35.4 Å². The van der Waals surface area contributed by atoms with Gasteiger partial charge in [-0.15, -0.1) is 0 Å². The highest BCUT2D eigenvalue weighted by atomic mass is 16.5. The summed E-state index contributed by atoms with van der Waals surface area (Å²) in [4.78, 5) is 25.3. The third-order valence-corrected chi connectivity index (χ3v) is 3.74. The second-order valence-corrected chi connectivity index (χ2v) is 5.36. The van der Waals surface area contributed by atoms with Gasteiger partial charge in [-0.2, -0.15) is 0 Å². The summed E-state index contributed by atoms with van der Waals surface area (Å²) in [6.45, 7) is 2.28. The van der Waals surface area contributed by atoms with Crippen LogP contribution >= 0.6 is 0 Å². The number of amides is 2. The Morgan fingerprint density at radius 3 is 2.25 bits per heavy atom. The highest BCUT2D eigenvalue weighted by molar-refractivity contribution is 6.07. The molecule has 1 aliphatic rings. The predicted octanol–water partition coefficient (Wildman–Crippen LogP) is 2.43. The summed E-state index contributed by atoms with van der Waals surface area (Å²) in [7, 11) is 4.57. The SMILES string of the molecule is COc1cc(C=CC(=O)N2CCC(C)=CC2=O)cc(OC)c1OC. The summed E-state index contributed by atoms with van der Waals surface area (Å²) in [6.07, 6.45) is 5.18. The van der Waals surface area contributed by atoms with Gasteiger partial charge in [-0.1, -0.05) is 5.57 Å². The van der Waals surface area contributed by atoms with Crippen LogP contribution in [0.1, 0.15) is 18.9 Å². The summed E-state index contributed by atoms with van der Waals surface area (Å²) in [5.74, 6) is 0.846. The Labute approximate surface area is 141 Å². The van der Waals surface area contributed by atoms with E-state index in [1.165, 1.54) is 38.4 Å². The standard InChI is InChI=1S/C18H21NO5/c1-12-7-8-19(17(21)9-12)16(20)6-5-13-10-14(22-2)18(24-4)15(11-13)23-3/h5-6,9-11H,7-8H2,1-4H3. The maximum atomic E-state index is 12.2. The number of imide groups is 1. The molecule has 128 valence electrons. The third-order valence-electron chi connectivity index (χ3n) is 3.74. The second-order valence-electron chi connectivity index (χ2n) is 5.36. The van der Waals surface area contributed by atoms with Gasteiger partial charge in [0.05, 0.1) is 21.3 Å². The second kappa shape index (κ2) is 7.68. The largest absolute Gasteiger partial charge is 0.493 e. The first-order chi connectivity index (χ1) is 11.5. The molecule has 24 heavy (non-hydrogen) atoms. The van der Waals surface area contributed by atoms with Crippen molar-refractivity contribution in [2.75, 3.05) is 27.9 Å². The molecule has 0 N–H and O–H groups in total. The fourth-order valence-electron chi connectivity index (χ4n) is 2.43. The van der Waals surface area contributed by atoms with E-state index in [1.54, 1.807) is 18.2 Å². The lowest BCUT2D eigenvalue weighted by Crippen LogP contribution is -2.37. The van der Waals surface area contributed by atoms with E-state index in [0.717, 1.165) is 5.57 Å². The Kier molecular flexibility index (Phi) is 5.63. The molecule has 6 nitrogen and oxygen atoms in total. The highest BCUT2D eigenvalue weighted by Gasteiger charge is 2.21. The van der Waals surface area contributed by atoms with E-state index in [4.69, 9.17) is 14.2 Å². The number of rotatable bonds is 5. The van der Waals surface area contributed by atoms with Gasteiger partial charge in [0.15, 0.2) is 11.5 Å². The molecule has 0 bridgehead atoms. The number of nitrogens with zero attached hydrogens (tertiary/aromatic N) is 1. The maximum absolute atomic E-state index is 12.2. The first kappa shape index (κ1) is 17.6. The van der Waals surface area contributed by atoms with Crippen LogP contribution in [0.4, 0.5) is 0 Å². The summed E-state index contributed by atoms with van der Waals surface area (Å²) >= 11 is 0. The third kappa shape index (κ3) is 3.76. The number of ether oxygens (including phenoxy) is 3. The Bertz CT molecular complexity index is 680. The van der Waals surface area contributed by atoms with Crippen LogP contribution in [0.5, 0.6) is 17.2 Å². The van der Waals surface area contributed by atoms with E-state index in [9.17, 15) is 9.59 Å². The lowest BCUT2D eigenvalue weighted by molar-refractivity contribution is -0.139. The molecule has 0 aromatic heterocycles. The first-order valence-corrected chi connectivity index (χ1v) is 7.51. The predicted molar refractivity (Wildman–Crippen MR) is 90.2 cm³/mol. The van der Waals surface area contributed by atoms with Gasteiger partial charge in [0.2, 0.25) is 5.75 Å². The van der Waals surface area contributed by atoms with Crippen LogP contribution in [0.15, 0.2) is 29.9 Å². The van der Waals surface area contributed by atoms with Crippen LogP contribution in [0.25, 0.3) is 6.08 Å². The van der Waals surface area contributed by atoms with Crippen molar-refractivity contribution in [2.45, 2.75) is 13.3 Å². The van der Waals surface area contributed by atoms with Crippen molar-refractivity contribution < 1.29 is 23.8 Å². The molecule has 0 saturated carbocycles. The molecule has 0 unspecified atom stereocenters. The van der Waals surface area contributed by atoms with E-state index >= 15 is 0 Å². The minimum atomic E-state index is -0.350. The Morgan fingerprint density at radius 1 is 1.12 bits per heavy atom. The van der Waals surface area contributed by atoms with Gasteiger partial charge in [-0.05, 0) is 37.1 Å². The van der Waals surface area contributed by atoms with E-state index in [0.29, 0.717) is 35.8 Å². The summed E-state index contributed by atoms with van der Waals surface area (Å²) < 4.78 is 15.8. The van der Waals surface area contributed by atoms with Gasteiger partial charge in [0.25, 0.3) is 11.8 Å². The molecular weight excluding hydrogens is 310 g/mol. The molecule has 0 atom stereocenters. The van der Waals surface area contributed by atoms with Crippen LogP contribution in [0, 0.1) is 0 Å². The molecule has 0 saturated heterocycles. The van der Waals surface area contributed by atoms with E-state index in [2.05, 4.69) is 0 Å². The molecule has 0 aliphatic carbocycles. The number of hydrogen-bond acceptors (Lipinski definition) is 5. The molecule has 1 aromatic carbocycles. The molecule has 1 aliphatic heterocycles. The Hall–Kier alpha value is -2.76. The van der Waals surface area contributed by atoms with Crippen molar-refractivity contribution in [1.29, 1.82) is 0 Å². The fraction of sp³-hybridized carbons (Fsp3) is 0.333. The molecule has 0 fully saturated rings. The van der Waals surface area contributed by atoms with Crippen LogP contribution in [-0.4, -0.2) is 44.6 Å². The van der Waals surface area contributed by atoms with Gasteiger partial charge in [0.1, 0.15) is 0 Å². The van der Waals surface area contributed by atoms with Gasteiger partial charge in [-0.25, -0.2) is 0 Å². The molecule has 2 amide bonds. The zero-order chi connectivity index (χ0) is 17.7. The monoisotopic (exact) mass is 331 g/mol. The van der Waals surface area contributed by atoms with Gasteiger partial charge >= 0.3 is 0 Å². The van der Waals surface area contributed by atoms with Crippen molar-refractivity contribution in [2.24, 2.45) is 0 Å². The number of carbonyl (C=O) groups excluding carboxylic acids is 2. The molecule has 0 radical (unpaired) electrons. The van der Waals surface area contributed by atoms with Gasteiger partial charge in [0, 0.05) is 18.7 Å². The molecule has 6 heteroatoms. The number of benzene rings is 1. The first-order valence-electron chi connectivity index (χ1n) is 7.51. The van der Waals surface area contributed by atoms with E-state index < -0.39 is 0 Å². The number of methoxy groups -OCH3 is 3. The average Bonchev–Trinajstić information content (AvgIpc) is 2.58. The molecule has 0 spiro atoms. The smallest absolute Gasteiger partial charge is 0.253 e. The Balaban J connectivity index is 2.22. The van der Waals surface area contributed by atoms with Gasteiger partial charge in [-0.3, -0.25) is 14.5 Å². The zero-order valence-electron chi connectivity index (χ0n) is 14.3. The zero-order valence-corrected chi connectivity index (χ0v) is 14.3. The summed E-state index contributed by atoms with van der Waals surface area (Å²) in [6, 6.07) is 3.46. The van der Waals surface area contributed by atoms with Crippen LogP contribution in [0.3, 0.4) is 0 Å². The maximum Gasteiger partial charge on any atom is 0.253 e. The van der Waals surface area contributed by atoms with Crippen LogP contribution in [0.2, 0.25) is 0 Å². The summed E-state index contributed by atoms with van der Waals surface area (Å²) in [5.41, 5.74) is 1.69. The molecular formula is C18H21NO5. The van der Waals surface area contributed by atoms with E-state index in [-0.39, 0.29) is 11.8 Å². The summed E-state index contributed by atoms with van der Waals surface area (Å²) in [5, 5.41) is 0. The van der Waals surface area contributed by atoms with E-state index in [1.807, 2.05) is 6.92 Å². The van der Waals surface area contributed by atoms with Crippen molar-refractivity contribution in [1.82, 2.24) is 4.90 Å². The van der Waals surface area contributed by atoms with Crippen molar-refractivity contribution in [3.63, 3.8) is 0 Å². The minimum Gasteiger partial charge on any atom is -0.493 e. The van der Waals surface area contributed by atoms with Crippen LogP contribution < -0.4 is 14.2 Å². The quantitative estimate of drug-likeness (QED) is 0.775. The molecule has 1 heterocycles. The lowest BCUT2D eigenvalue weighted by atomic mass is 10.1. The van der Waals surface area contributed by atoms with Crippen molar-refractivity contribution in [3.8, 4) is 17.2 Å². The highest BCUT2D eigenvalue weighted by Crippen LogP contribution is 2.38. The van der Waals surface area contributed by atoms with Crippen molar-refractivity contribution >= 4 is 17.9 Å². The van der Waals surface area contributed by atoms with Gasteiger partial charge < -0.3 is 14.2 Å². The van der Waals surface area contributed by atoms with Crippen LogP contribution in [-0.2, 0) is 9.59 Å². The molecule has 2 rings (SSSR count).